The lowest BCUT2D eigenvalue weighted by atomic mass is 10.1. The number of carbonyl (C=O) groups is 1. The molecule has 0 saturated carbocycles. The molecule has 1 aliphatic heterocycles. The van der Waals surface area contributed by atoms with Crippen LogP contribution in [0.3, 0.4) is 0 Å². The van der Waals surface area contributed by atoms with Gasteiger partial charge >= 0.3 is 0 Å². The predicted octanol–water partition coefficient (Wildman–Crippen LogP) is 2.76. The number of nitrogens with zero attached hydrogens (tertiary/aromatic N) is 2. The van der Waals surface area contributed by atoms with E-state index < -0.39 is 0 Å². The third-order valence-corrected chi connectivity index (χ3v) is 4.80. The monoisotopic (exact) mass is 368 g/mol. The first-order valence-corrected chi connectivity index (χ1v) is 9.00. The van der Waals surface area contributed by atoms with Gasteiger partial charge in [0.05, 0.1) is 0 Å². The summed E-state index contributed by atoms with van der Waals surface area (Å²) in [5.41, 5.74) is 2.63. The Labute approximate surface area is 154 Å². The molecule has 2 N–H and O–H groups in total. The van der Waals surface area contributed by atoms with Gasteiger partial charge in [-0.1, -0.05) is 30.0 Å². The van der Waals surface area contributed by atoms with E-state index in [4.69, 9.17) is 9.47 Å². The molecule has 1 amide bonds. The Hall–Kier alpha value is -3.00. The van der Waals surface area contributed by atoms with Crippen molar-refractivity contribution in [3.05, 3.63) is 65.5 Å². The average Bonchev–Trinajstić information content (AvgIpc) is 3.35. The van der Waals surface area contributed by atoms with Gasteiger partial charge in [-0.05, 0) is 35.4 Å². The Balaban J connectivity index is 1.36. The molecule has 0 aliphatic carbocycles. The molecule has 2 aromatic carbocycles. The number of carbonyl (C=O) groups excluding carboxylic acids is 1. The van der Waals surface area contributed by atoms with Gasteiger partial charge in [0.1, 0.15) is 6.33 Å². The van der Waals surface area contributed by atoms with Crippen LogP contribution in [0.5, 0.6) is 11.5 Å². The number of aromatic nitrogens is 3. The zero-order chi connectivity index (χ0) is 17.8. The Morgan fingerprint density at radius 1 is 1.15 bits per heavy atom. The highest BCUT2D eigenvalue weighted by Gasteiger charge is 2.14. The SMILES string of the molecule is O=C(NCc1ccc2c(c1)OCO2)c1cccc(CSc2ncn[nH]2)c1. The smallest absolute Gasteiger partial charge is 0.251 e. The molecule has 0 bridgehead atoms. The van der Waals surface area contributed by atoms with Crippen molar-refractivity contribution < 1.29 is 14.3 Å². The third-order valence-electron chi connectivity index (χ3n) is 3.85. The van der Waals surface area contributed by atoms with Gasteiger partial charge in [-0.3, -0.25) is 9.89 Å². The second-order valence-corrected chi connectivity index (χ2v) is 6.61. The largest absolute Gasteiger partial charge is 0.454 e. The van der Waals surface area contributed by atoms with Crippen molar-refractivity contribution in [1.82, 2.24) is 20.5 Å². The van der Waals surface area contributed by atoms with Gasteiger partial charge in [-0.25, -0.2) is 4.98 Å². The first-order valence-electron chi connectivity index (χ1n) is 8.02. The molecule has 8 heteroatoms. The summed E-state index contributed by atoms with van der Waals surface area (Å²) in [6, 6.07) is 13.2. The van der Waals surface area contributed by atoms with Crippen molar-refractivity contribution in [1.29, 1.82) is 0 Å². The van der Waals surface area contributed by atoms with Crippen LogP contribution < -0.4 is 14.8 Å². The van der Waals surface area contributed by atoms with Gasteiger partial charge in [0.15, 0.2) is 16.7 Å². The molecular formula is C18H16N4O3S. The molecule has 132 valence electrons. The van der Waals surface area contributed by atoms with Gasteiger partial charge < -0.3 is 14.8 Å². The highest BCUT2D eigenvalue weighted by atomic mass is 32.2. The van der Waals surface area contributed by atoms with E-state index in [-0.39, 0.29) is 12.7 Å². The van der Waals surface area contributed by atoms with E-state index in [1.807, 2.05) is 36.4 Å². The maximum Gasteiger partial charge on any atom is 0.251 e. The zero-order valence-electron chi connectivity index (χ0n) is 13.8. The molecule has 3 aromatic rings. The highest BCUT2D eigenvalue weighted by Crippen LogP contribution is 2.32. The number of nitrogens with one attached hydrogen (secondary N) is 2. The van der Waals surface area contributed by atoms with Crippen LogP contribution >= 0.6 is 11.8 Å². The normalized spacial score (nSPS) is 12.2. The Bertz CT molecular complexity index is 915. The molecule has 7 nitrogen and oxygen atoms in total. The first-order chi connectivity index (χ1) is 12.8. The number of benzene rings is 2. The van der Waals surface area contributed by atoms with Gasteiger partial charge in [-0.2, -0.15) is 5.10 Å². The summed E-state index contributed by atoms with van der Waals surface area (Å²) >= 11 is 1.54. The minimum Gasteiger partial charge on any atom is -0.454 e. The number of hydrogen-bond donors (Lipinski definition) is 2. The lowest BCUT2D eigenvalue weighted by Gasteiger charge is -2.08. The highest BCUT2D eigenvalue weighted by molar-refractivity contribution is 7.98. The van der Waals surface area contributed by atoms with Crippen LogP contribution in [-0.4, -0.2) is 27.9 Å². The second-order valence-electron chi connectivity index (χ2n) is 5.65. The van der Waals surface area contributed by atoms with Crippen molar-refractivity contribution >= 4 is 17.7 Å². The fourth-order valence-corrected chi connectivity index (χ4v) is 3.28. The molecule has 0 radical (unpaired) electrons. The number of hydrogen-bond acceptors (Lipinski definition) is 6. The molecule has 26 heavy (non-hydrogen) atoms. The molecule has 0 spiro atoms. The van der Waals surface area contributed by atoms with Crippen molar-refractivity contribution in [3.8, 4) is 11.5 Å². The van der Waals surface area contributed by atoms with Crippen molar-refractivity contribution in [2.24, 2.45) is 0 Å². The summed E-state index contributed by atoms with van der Waals surface area (Å²) in [5.74, 6) is 2.03. The van der Waals surface area contributed by atoms with Gasteiger partial charge in [0, 0.05) is 17.9 Å². The number of rotatable bonds is 6. The number of H-pyrrole nitrogens is 1. The molecule has 1 aliphatic rings. The van der Waals surface area contributed by atoms with E-state index in [1.165, 1.54) is 18.1 Å². The molecule has 0 atom stereocenters. The van der Waals surface area contributed by atoms with E-state index >= 15 is 0 Å². The molecule has 0 unspecified atom stereocenters. The van der Waals surface area contributed by atoms with Gasteiger partial charge in [0.2, 0.25) is 6.79 Å². The van der Waals surface area contributed by atoms with Crippen LogP contribution in [0.25, 0.3) is 0 Å². The summed E-state index contributed by atoms with van der Waals surface area (Å²) in [5, 5.41) is 10.3. The Morgan fingerprint density at radius 3 is 2.96 bits per heavy atom. The minimum atomic E-state index is -0.116. The van der Waals surface area contributed by atoms with Crippen molar-refractivity contribution in [3.63, 3.8) is 0 Å². The summed E-state index contributed by atoms with van der Waals surface area (Å²) in [7, 11) is 0. The predicted molar refractivity (Wildman–Crippen MR) is 96.1 cm³/mol. The fraction of sp³-hybridized carbons (Fsp3) is 0.167. The Morgan fingerprint density at radius 2 is 2.08 bits per heavy atom. The van der Waals surface area contributed by atoms with Gasteiger partial charge in [0.25, 0.3) is 5.91 Å². The summed E-state index contributed by atoms with van der Waals surface area (Å²) in [6.07, 6.45) is 1.47. The molecule has 2 heterocycles. The number of thioether (sulfide) groups is 1. The van der Waals surface area contributed by atoms with E-state index in [9.17, 15) is 4.79 Å². The van der Waals surface area contributed by atoms with E-state index in [2.05, 4.69) is 20.5 Å². The van der Waals surface area contributed by atoms with Crippen LogP contribution in [0, 0.1) is 0 Å². The first kappa shape index (κ1) is 16.5. The fourth-order valence-electron chi connectivity index (χ4n) is 2.55. The van der Waals surface area contributed by atoms with E-state index in [1.54, 1.807) is 6.07 Å². The van der Waals surface area contributed by atoms with Crippen LogP contribution in [0.1, 0.15) is 21.5 Å². The number of fused-ring (bicyclic) bond motifs is 1. The lowest BCUT2D eigenvalue weighted by molar-refractivity contribution is 0.0950. The summed E-state index contributed by atoms with van der Waals surface area (Å²) in [6.45, 7) is 0.663. The quantitative estimate of drug-likeness (QED) is 0.651. The van der Waals surface area contributed by atoms with Crippen LogP contribution in [0.2, 0.25) is 0 Å². The third kappa shape index (κ3) is 3.80. The number of amides is 1. The van der Waals surface area contributed by atoms with Gasteiger partial charge in [-0.15, -0.1) is 0 Å². The van der Waals surface area contributed by atoms with Crippen LogP contribution in [0.4, 0.5) is 0 Å². The summed E-state index contributed by atoms with van der Waals surface area (Å²) < 4.78 is 10.6. The zero-order valence-corrected chi connectivity index (χ0v) is 14.6. The molecule has 0 fully saturated rings. The molecule has 4 rings (SSSR count). The standard InChI is InChI=1S/C18H16N4O3S/c23-17(19-8-12-4-5-15-16(7-12)25-11-24-15)14-3-1-2-13(6-14)9-26-18-20-10-21-22-18/h1-7,10H,8-9,11H2,(H,19,23)(H,20,21,22). The molecule has 1 aromatic heterocycles. The van der Waals surface area contributed by atoms with Crippen molar-refractivity contribution in [2.45, 2.75) is 17.5 Å². The average molecular weight is 368 g/mol. The lowest BCUT2D eigenvalue weighted by Crippen LogP contribution is -2.22. The van der Waals surface area contributed by atoms with E-state index in [0.29, 0.717) is 23.6 Å². The minimum absolute atomic E-state index is 0.116. The van der Waals surface area contributed by atoms with Crippen LogP contribution in [0.15, 0.2) is 53.9 Å². The number of ether oxygens (including phenoxy) is 2. The second kappa shape index (κ2) is 7.49. The maximum atomic E-state index is 12.4. The number of aromatic amines is 1. The van der Waals surface area contributed by atoms with E-state index in [0.717, 1.165) is 22.0 Å². The van der Waals surface area contributed by atoms with Crippen molar-refractivity contribution in [2.75, 3.05) is 6.79 Å². The Kier molecular flexibility index (Phi) is 4.74. The maximum absolute atomic E-state index is 12.4. The molecule has 0 saturated heterocycles. The summed E-state index contributed by atoms with van der Waals surface area (Å²) in [4.78, 5) is 16.5. The van der Waals surface area contributed by atoms with Crippen LogP contribution in [-0.2, 0) is 12.3 Å². The topological polar surface area (TPSA) is 89.1 Å². The molecular weight excluding hydrogens is 352 g/mol.